The molecule has 5 nitrogen and oxygen atoms in total. The molecule has 1 heterocycles. The molecule has 0 radical (unpaired) electrons. The van der Waals surface area contributed by atoms with E-state index in [0.29, 0.717) is 30.0 Å². The summed E-state index contributed by atoms with van der Waals surface area (Å²) in [6.45, 7) is 2.53. The van der Waals surface area contributed by atoms with Crippen molar-refractivity contribution in [2.45, 2.75) is 43.9 Å². The number of hydrogen-bond donors (Lipinski definition) is 1. The van der Waals surface area contributed by atoms with Crippen molar-refractivity contribution in [3.63, 3.8) is 0 Å². The highest BCUT2D eigenvalue weighted by Gasteiger charge is 2.34. The number of benzene rings is 1. The number of β-amino-alcohol motifs (C(OH)–C–C–N with tert-alkyl or cyclic N) is 1. The molecule has 1 saturated carbocycles. The van der Waals surface area contributed by atoms with Crippen LogP contribution < -0.4 is 4.74 Å². The molecule has 3 atom stereocenters. The first-order valence-electron chi connectivity index (χ1n) is 8.43. The zero-order valence-electron chi connectivity index (χ0n) is 13.4. The fraction of sp³-hybridized carbons (Fsp3) is 0.611. The maximum Gasteiger partial charge on any atom is 0.119 e. The molecule has 3 rings (SSSR count). The lowest BCUT2D eigenvalue weighted by Gasteiger charge is -2.44. The Morgan fingerprint density at radius 2 is 2.09 bits per heavy atom. The van der Waals surface area contributed by atoms with E-state index in [1.807, 2.05) is 0 Å². The van der Waals surface area contributed by atoms with Crippen LogP contribution in [-0.4, -0.2) is 54.6 Å². The van der Waals surface area contributed by atoms with E-state index in [1.54, 1.807) is 24.3 Å². The van der Waals surface area contributed by atoms with Crippen LogP contribution in [0.25, 0.3) is 0 Å². The fourth-order valence-electron chi connectivity index (χ4n) is 3.54. The molecular weight excluding hydrogens is 292 g/mol. The van der Waals surface area contributed by atoms with Gasteiger partial charge in [0.15, 0.2) is 0 Å². The van der Waals surface area contributed by atoms with E-state index in [0.717, 1.165) is 26.0 Å². The van der Waals surface area contributed by atoms with Crippen LogP contribution in [0, 0.1) is 11.3 Å². The Balaban J connectivity index is 1.48. The molecule has 1 N–H and O–H groups in total. The summed E-state index contributed by atoms with van der Waals surface area (Å²) in [5.41, 5.74) is 0.606. The molecule has 2 fully saturated rings. The number of aliphatic hydroxyl groups excluding tert-OH is 1. The largest absolute Gasteiger partial charge is 0.491 e. The number of nitrogens with zero attached hydrogens (tertiary/aromatic N) is 2. The van der Waals surface area contributed by atoms with Crippen molar-refractivity contribution in [1.29, 1.82) is 5.26 Å². The average molecular weight is 316 g/mol. The fourth-order valence-corrected chi connectivity index (χ4v) is 3.54. The number of fused-ring (bicyclic) bond motifs is 1. The molecule has 23 heavy (non-hydrogen) atoms. The Hall–Kier alpha value is -1.61. The first-order chi connectivity index (χ1) is 11.3. The Morgan fingerprint density at radius 3 is 2.87 bits per heavy atom. The molecule has 1 saturated heterocycles. The van der Waals surface area contributed by atoms with E-state index in [4.69, 9.17) is 14.7 Å². The van der Waals surface area contributed by atoms with Crippen LogP contribution in [0.15, 0.2) is 24.3 Å². The molecule has 0 spiro atoms. The van der Waals surface area contributed by atoms with Crippen molar-refractivity contribution in [2.75, 3.05) is 26.3 Å². The average Bonchev–Trinajstić information content (AvgIpc) is 2.61. The lowest BCUT2D eigenvalue weighted by atomic mass is 9.90. The van der Waals surface area contributed by atoms with Crippen LogP contribution in [0.4, 0.5) is 0 Å². The summed E-state index contributed by atoms with van der Waals surface area (Å²) in [6.07, 6.45) is 4.61. The minimum absolute atomic E-state index is 0.265. The number of rotatable bonds is 5. The first-order valence-corrected chi connectivity index (χ1v) is 8.43. The molecule has 2 aliphatic rings. The topological polar surface area (TPSA) is 65.7 Å². The van der Waals surface area contributed by atoms with Gasteiger partial charge < -0.3 is 14.6 Å². The minimum atomic E-state index is -0.522. The van der Waals surface area contributed by atoms with Crippen molar-refractivity contribution < 1.29 is 14.6 Å². The highest BCUT2D eigenvalue weighted by molar-refractivity contribution is 5.34. The van der Waals surface area contributed by atoms with Crippen LogP contribution in [0.1, 0.15) is 31.2 Å². The highest BCUT2D eigenvalue weighted by atomic mass is 16.5. The molecular formula is C18H24N2O3. The van der Waals surface area contributed by atoms with Crippen LogP contribution in [-0.2, 0) is 4.74 Å². The lowest BCUT2D eigenvalue weighted by molar-refractivity contribution is -0.0992. The zero-order valence-corrected chi connectivity index (χ0v) is 13.4. The quantitative estimate of drug-likeness (QED) is 0.899. The maximum atomic E-state index is 10.3. The molecule has 1 aliphatic carbocycles. The maximum absolute atomic E-state index is 10.3. The van der Waals surface area contributed by atoms with E-state index in [-0.39, 0.29) is 6.61 Å². The summed E-state index contributed by atoms with van der Waals surface area (Å²) >= 11 is 0. The molecule has 0 bridgehead atoms. The molecule has 124 valence electrons. The summed E-state index contributed by atoms with van der Waals surface area (Å²) in [4.78, 5) is 2.36. The first kappa shape index (κ1) is 16.3. The highest BCUT2D eigenvalue weighted by Crippen LogP contribution is 2.28. The van der Waals surface area contributed by atoms with Crippen LogP contribution in [0.3, 0.4) is 0 Å². The van der Waals surface area contributed by atoms with Crippen LogP contribution in [0.2, 0.25) is 0 Å². The zero-order chi connectivity index (χ0) is 16.1. The third-order valence-corrected chi connectivity index (χ3v) is 4.72. The number of ether oxygens (including phenoxy) is 2. The van der Waals surface area contributed by atoms with E-state index in [1.165, 1.54) is 12.8 Å². The molecule has 3 unspecified atom stereocenters. The Bertz CT molecular complexity index is 538. The van der Waals surface area contributed by atoms with Crippen molar-refractivity contribution in [2.24, 2.45) is 0 Å². The van der Waals surface area contributed by atoms with Gasteiger partial charge in [0.25, 0.3) is 0 Å². The molecule has 1 aromatic rings. The van der Waals surface area contributed by atoms with Crippen molar-refractivity contribution in [3.8, 4) is 11.8 Å². The van der Waals surface area contributed by atoms with Gasteiger partial charge in [-0.3, -0.25) is 4.90 Å². The minimum Gasteiger partial charge on any atom is -0.491 e. The Labute approximate surface area is 137 Å². The lowest BCUT2D eigenvalue weighted by Crippen LogP contribution is -2.55. The van der Waals surface area contributed by atoms with Gasteiger partial charge in [0.05, 0.1) is 24.3 Å². The molecule has 1 aromatic carbocycles. The van der Waals surface area contributed by atoms with Gasteiger partial charge in [-0.25, -0.2) is 0 Å². The number of morpholine rings is 1. The Morgan fingerprint density at radius 1 is 1.30 bits per heavy atom. The van der Waals surface area contributed by atoms with E-state index in [9.17, 15) is 5.11 Å². The van der Waals surface area contributed by atoms with Gasteiger partial charge in [-0.1, -0.05) is 12.8 Å². The molecule has 0 amide bonds. The second kappa shape index (κ2) is 7.78. The van der Waals surface area contributed by atoms with Gasteiger partial charge in [0.2, 0.25) is 0 Å². The van der Waals surface area contributed by atoms with Gasteiger partial charge in [0.1, 0.15) is 18.5 Å². The van der Waals surface area contributed by atoms with Gasteiger partial charge in [-0.2, -0.15) is 5.26 Å². The summed E-state index contributed by atoms with van der Waals surface area (Å²) in [6, 6.07) is 9.48. The predicted molar refractivity (Wildman–Crippen MR) is 86.2 cm³/mol. The predicted octanol–water partition coefficient (Wildman–Crippen LogP) is 1.94. The number of nitriles is 1. The summed E-state index contributed by atoms with van der Waals surface area (Å²) in [7, 11) is 0. The van der Waals surface area contributed by atoms with Gasteiger partial charge in [0, 0.05) is 19.1 Å². The summed E-state index contributed by atoms with van der Waals surface area (Å²) in [5.74, 6) is 0.681. The van der Waals surface area contributed by atoms with Crippen LogP contribution in [0.5, 0.6) is 5.75 Å². The van der Waals surface area contributed by atoms with Gasteiger partial charge in [-0.05, 0) is 37.1 Å². The monoisotopic (exact) mass is 316 g/mol. The van der Waals surface area contributed by atoms with E-state index in [2.05, 4.69) is 11.0 Å². The third-order valence-electron chi connectivity index (χ3n) is 4.72. The van der Waals surface area contributed by atoms with Crippen molar-refractivity contribution >= 4 is 0 Å². The SMILES string of the molecule is N#Cc1ccc(OCC(O)CN2CCOC3CCCCC32)cc1. The number of aliphatic hydroxyl groups is 1. The second-order valence-corrected chi connectivity index (χ2v) is 6.36. The van der Waals surface area contributed by atoms with Crippen molar-refractivity contribution in [3.05, 3.63) is 29.8 Å². The van der Waals surface area contributed by atoms with E-state index < -0.39 is 6.10 Å². The molecule has 5 heteroatoms. The smallest absolute Gasteiger partial charge is 0.119 e. The Kier molecular flexibility index (Phi) is 5.50. The third kappa shape index (κ3) is 4.23. The van der Waals surface area contributed by atoms with Crippen molar-refractivity contribution in [1.82, 2.24) is 4.90 Å². The van der Waals surface area contributed by atoms with Gasteiger partial charge >= 0.3 is 0 Å². The van der Waals surface area contributed by atoms with Crippen LogP contribution >= 0.6 is 0 Å². The number of hydrogen-bond acceptors (Lipinski definition) is 5. The standard InChI is InChI=1S/C18H24N2O3/c19-11-14-5-7-16(8-6-14)23-13-15(21)12-20-9-10-22-18-4-2-1-3-17(18)20/h5-8,15,17-18,21H,1-4,9-10,12-13H2. The van der Waals surface area contributed by atoms with E-state index >= 15 is 0 Å². The molecule has 1 aliphatic heterocycles. The normalized spacial score (nSPS) is 26.1. The van der Waals surface area contributed by atoms with Gasteiger partial charge in [-0.15, -0.1) is 0 Å². The molecule has 0 aromatic heterocycles. The summed E-state index contributed by atoms with van der Waals surface area (Å²) < 4.78 is 11.5. The second-order valence-electron chi connectivity index (χ2n) is 6.36. The summed E-state index contributed by atoms with van der Waals surface area (Å²) in [5, 5.41) is 19.1.